The van der Waals surface area contributed by atoms with Crippen LogP contribution in [0.4, 0.5) is 0 Å². The van der Waals surface area contributed by atoms with Gasteiger partial charge in [-0.1, -0.05) is 5.21 Å². The van der Waals surface area contributed by atoms with Gasteiger partial charge in [-0.15, -0.1) is 5.10 Å². The van der Waals surface area contributed by atoms with Gasteiger partial charge in [0.05, 0.1) is 18.2 Å². The number of nitrogens with two attached hydrogens (primary N) is 1. The van der Waals surface area contributed by atoms with Crippen molar-refractivity contribution in [3.05, 3.63) is 11.9 Å². The van der Waals surface area contributed by atoms with Crippen LogP contribution in [0, 0.1) is 17.8 Å². The summed E-state index contributed by atoms with van der Waals surface area (Å²) in [5.41, 5.74) is 6.41. The second-order valence-corrected chi connectivity index (χ2v) is 9.21. The van der Waals surface area contributed by atoms with Gasteiger partial charge in [-0.25, -0.2) is 0 Å². The molecule has 160 valence electrons. The minimum absolute atomic E-state index is 0.0740. The van der Waals surface area contributed by atoms with Crippen molar-refractivity contribution in [2.24, 2.45) is 23.5 Å². The highest BCUT2D eigenvalue weighted by Crippen LogP contribution is 2.38. The molecule has 29 heavy (non-hydrogen) atoms. The van der Waals surface area contributed by atoms with Crippen molar-refractivity contribution in [3.63, 3.8) is 0 Å². The van der Waals surface area contributed by atoms with Gasteiger partial charge < -0.3 is 15.5 Å². The summed E-state index contributed by atoms with van der Waals surface area (Å²) in [6.07, 6.45) is 5.57. The molecular weight excluding hydrogens is 370 g/mol. The van der Waals surface area contributed by atoms with Gasteiger partial charge in [0.1, 0.15) is 0 Å². The number of aromatic nitrogens is 3. The van der Waals surface area contributed by atoms with Gasteiger partial charge in [-0.2, -0.15) is 0 Å². The topological polar surface area (TPSA) is 101 Å². The summed E-state index contributed by atoms with van der Waals surface area (Å²) in [4.78, 5) is 31.0. The van der Waals surface area contributed by atoms with Crippen LogP contribution in [0.3, 0.4) is 0 Å². The summed E-state index contributed by atoms with van der Waals surface area (Å²) in [6, 6.07) is 0.423. The smallest absolute Gasteiger partial charge is 0.227 e. The van der Waals surface area contributed by atoms with Crippen LogP contribution in [0.25, 0.3) is 0 Å². The number of carbonyl (C=O) groups is 2. The third-order valence-corrected chi connectivity index (χ3v) is 6.87. The SMILES string of the molecule is CN(C)Cc1cn(CC2CC3CCN2CC3C(=O)N2CCC(C(N)=O)CC2)nn1. The van der Waals surface area contributed by atoms with Gasteiger partial charge in [0, 0.05) is 44.3 Å². The molecule has 2 bridgehead atoms. The normalized spacial score (nSPS) is 30.1. The van der Waals surface area contributed by atoms with Gasteiger partial charge >= 0.3 is 0 Å². The van der Waals surface area contributed by atoms with E-state index in [-0.39, 0.29) is 23.7 Å². The van der Waals surface area contributed by atoms with Crippen LogP contribution in [-0.4, -0.2) is 87.8 Å². The fraction of sp³-hybridized carbons (Fsp3) is 0.800. The highest BCUT2D eigenvalue weighted by molar-refractivity contribution is 5.81. The predicted octanol–water partition coefficient (Wildman–Crippen LogP) is -0.226. The maximum absolute atomic E-state index is 13.1. The van der Waals surface area contributed by atoms with Gasteiger partial charge in [0.15, 0.2) is 0 Å². The lowest BCUT2D eigenvalue weighted by Crippen LogP contribution is -2.59. The molecular formula is C20H33N7O2. The molecule has 9 nitrogen and oxygen atoms in total. The van der Waals surface area contributed by atoms with Crippen LogP contribution >= 0.6 is 0 Å². The van der Waals surface area contributed by atoms with Crippen LogP contribution in [0.15, 0.2) is 6.20 Å². The monoisotopic (exact) mass is 403 g/mol. The maximum atomic E-state index is 13.1. The van der Waals surface area contributed by atoms with Crippen molar-refractivity contribution in [2.45, 2.75) is 44.8 Å². The third-order valence-electron chi connectivity index (χ3n) is 6.87. The van der Waals surface area contributed by atoms with E-state index in [1.54, 1.807) is 0 Å². The molecule has 0 aromatic carbocycles. The van der Waals surface area contributed by atoms with Gasteiger partial charge in [0.2, 0.25) is 11.8 Å². The van der Waals surface area contributed by atoms with Crippen LogP contribution in [0.2, 0.25) is 0 Å². The molecule has 1 aromatic heterocycles. The van der Waals surface area contributed by atoms with Gasteiger partial charge in [-0.05, 0) is 52.2 Å². The zero-order chi connectivity index (χ0) is 20.5. The molecule has 2 N–H and O–H groups in total. The zero-order valence-electron chi connectivity index (χ0n) is 17.5. The van der Waals surface area contributed by atoms with Crippen molar-refractivity contribution < 1.29 is 9.59 Å². The number of hydrogen-bond acceptors (Lipinski definition) is 6. The van der Waals surface area contributed by atoms with E-state index in [2.05, 4.69) is 20.1 Å². The zero-order valence-corrected chi connectivity index (χ0v) is 17.5. The number of amides is 2. The minimum atomic E-state index is -0.232. The van der Waals surface area contributed by atoms with Crippen molar-refractivity contribution >= 4 is 11.8 Å². The van der Waals surface area contributed by atoms with Crippen molar-refractivity contribution in [1.29, 1.82) is 0 Å². The first-order chi connectivity index (χ1) is 13.9. The van der Waals surface area contributed by atoms with Crippen molar-refractivity contribution in [2.75, 3.05) is 40.3 Å². The van der Waals surface area contributed by atoms with E-state index in [1.165, 1.54) is 0 Å². The quantitative estimate of drug-likeness (QED) is 0.704. The first-order valence-corrected chi connectivity index (χ1v) is 10.8. The summed E-state index contributed by atoms with van der Waals surface area (Å²) in [7, 11) is 4.05. The van der Waals surface area contributed by atoms with Crippen LogP contribution in [0.1, 0.15) is 31.4 Å². The summed E-state index contributed by atoms with van der Waals surface area (Å²) in [6.45, 7) is 4.84. The lowest BCUT2D eigenvalue weighted by molar-refractivity contribution is -0.146. The Balaban J connectivity index is 1.32. The second kappa shape index (κ2) is 8.39. The van der Waals surface area contributed by atoms with E-state index in [1.807, 2.05) is 29.9 Å². The second-order valence-electron chi connectivity index (χ2n) is 9.21. The average Bonchev–Trinajstić information content (AvgIpc) is 3.14. The Morgan fingerprint density at radius 1 is 1.21 bits per heavy atom. The Morgan fingerprint density at radius 3 is 2.59 bits per heavy atom. The first-order valence-electron chi connectivity index (χ1n) is 10.8. The Hall–Kier alpha value is -2.00. The number of rotatable bonds is 6. The Bertz CT molecular complexity index is 741. The Kier molecular flexibility index (Phi) is 5.87. The van der Waals surface area contributed by atoms with E-state index in [9.17, 15) is 9.59 Å². The summed E-state index contributed by atoms with van der Waals surface area (Å²) in [5.74, 6) is 0.496. The fourth-order valence-corrected chi connectivity index (χ4v) is 5.27. The molecule has 4 atom stereocenters. The highest BCUT2D eigenvalue weighted by atomic mass is 16.2. The highest BCUT2D eigenvalue weighted by Gasteiger charge is 2.45. The van der Waals surface area contributed by atoms with Crippen LogP contribution in [0.5, 0.6) is 0 Å². The van der Waals surface area contributed by atoms with E-state index >= 15 is 0 Å². The molecule has 4 unspecified atom stereocenters. The van der Waals surface area contributed by atoms with E-state index in [0.717, 1.165) is 44.7 Å². The van der Waals surface area contributed by atoms with Crippen molar-refractivity contribution in [1.82, 2.24) is 29.7 Å². The maximum Gasteiger partial charge on any atom is 0.227 e. The molecule has 0 aliphatic carbocycles. The van der Waals surface area contributed by atoms with Crippen LogP contribution in [-0.2, 0) is 22.7 Å². The minimum Gasteiger partial charge on any atom is -0.369 e. The largest absolute Gasteiger partial charge is 0.369 e. The summed E-state index contributed by atoms with van der Waals surface area (Å²) in [5, 5.41) is 8.56. The average molecular weight is 404 g/mol. The number of carbonyl (C=O) groups excluding carboxylic acids is 2. The standard InChI is InChI=1S/C20H33N7O2/c1-24(2)10-16-11-27(23-22-16)12-17-9-15-5-8-26(17)13-18(15)20(29)25-6-3-14(4-7-25)19(21)28/h11,14-15,17-18H,3-10,12-13H2,1-2H3,(H2,21,28). The van der Waals surface area contributed by atoms with Crippen LogP contribution < -0.4 is 5.73 Å². The molecule has 5 rings (SSSR count). The van der Waals surface area contributed by atoms with E-state index in [0.29, 0.717) is 37.9 Å². The molecule has 4 aliphatic heterocycles. The molecule has 2 amide bonds. The molecule has 0 radical (unpaired) electrons. The molecule has 5 heterocycles. The van der Waals surface area contributed by atoms with E-state index in [4.69, 9.17) is 5.73 Å². The molecule has 1 aromatic rings. The molecule has 4 fully saturated rings. The number of piperidine rings is 4. The molecule has 0 spiro atoms. The summed E-state index contributed by atoms with van der Waals surface area (Å²) < 4.78 is 1.95. The lowest BCUT2D eigenvalue weighted by atomic mass is 9.74. The first kappa shape index (κ1) is 20.3. The molecule has 9 heteroatoms. The molecule has 4 saturated heterocycles. The van der Waals surface area contributed by atoms with Gasteiger partial charge in [-0.3, -0.25) is 19.2 Å². The number of likely N-dealkylation sites (tertiary alicyclic amines) is 1. The Labute approximate surface area is 172 Å². The molecule has 4 aliphatic rings. The number of fused-ring (bicyclic) bond motifs is 3. The van der Waals surface area contributed by atoms with E-state index < -0.39 is 0 Å². The third kappa shape index (κ3) is 4.45. The Morgan fingerprint density at radius 2 is 1.97 bits per heavy atom. The number of primary amides is 1. The summed E-state index contributed by atoms with van der Waals surface area (Å²) >= 11 is 0. The predicted molar refractivity (Wildman–Crippen MR) is 107 cm³/mol. The lowest BCUT2D eigenvalue weighted by Gasteiger charge is -2.50. The fourth-order valence-electron chi connectivity index (χ4n) is 5.27. The molecule has 0 saturated carbocycles. The van der Waals surface area contributed by atoms with Gasteiger partial charge in [0.25, 0.3) is 0 Å². The number of nitrogens with zero attached hydrogens (tertiary/aromatic N) is 6. The number of hydrogen-bond donors (Lipinski definition) is 1. The van der Waals surface area contributed by atoms with Crippen molar-refractivity contribution in [3.8, 4) is 0 Å².